The normalized spacial score (nSPS) is 10.4. The molecule has 0 atom stereocenters. The van der Waals surface area contributed by atoms with Crippen LogP contribution in [0, 0.1) is 10.1 Å². The van der Waals surface area contributed by atoms with E-state index in [2.05, 4.69) is 10.1 Å². The molecule has 7 heteroatoms. The van der Waals surface area contributed by atoms with E-state index in [4.69, 9.17) is 9.26 Å². The van der Waals surface area contributed by atoms with Crippen LogP contribution in [-0.2, 0) is 13.0 Å². The van der Waals surface area contributed by atoms with Crippen LogP contribution in [0.4, 0.5) is 5.69 Å². The molecule has 0 unspecified atom stereocenters. The molecule has 0 amide bonds. The van der Waals surface area contributed by atoms with Crippen molar-refractivity contribution in [2.75, 3.05) is 0 Å². The molecule has 0 bridgehead atoms. The van der Waals surface area contributed by atoms with Gasteiger partial charge in [0.15, 0.2) is 12.4 Å². The Morgan fingerprint density at radius 1 is 1.47 bits per heavy atom. The van der Waals surface area contributed by atoms with Gasteiger partial charge in [-0.2, -0.15) is 4.98 Å². The Bertz CT molecular complexity index is 568. The lowest BCUT2D eigenvalue weighted by atomic mass is 10.3. The first kappa shape index (κ1) is 13.0. The Kier molecular flexibility index (Phi) is 4.07. The van der Waals surface area contributed by atoms with Gasteiger partial charge in [-0.3, -0.25) is 10.1 Å². The summed E-state index contributed by atoms with van der Waals surface area (Å²) in [6, 6.07) is 5.95. The SMILES string of the molecule is CCCc1noc(COc2cccc([N+](=O)[O-])c2)n1. The van der Waals surface area contributed by atoms with Gasteiger partial charge in [-0.1, -0.05) is 18.1 Å². The van der Waals surface area contributed by atoms with E-state index >= 15 is 0 Å². The van der Waals surface area contributed by atoms with E-state index in [1.807, 2.05) is 6.92 Å². The molecule has 1 aromatic carbocycles. The molecule has 1 heterocycles. The fourth-order valence-corrected chi connectivity index (χ4v) is 1.51. The van der Waals surface area contributed by atoms with Crippen molar-refractivity contribution in [3.63, 3.8) is 0 Å². The molecule has 0 spiro atoms. The van der Waals surface area contributed by atoms with Crippen molar-refractivity contribution >= 4 is 5.69 Å². The van der Waals surface area contributed by atoms with Gasteiger partial charge in [0, 0.05) is 12.5 Å². The van der Waals surface area contributed by atoms with Gasteiger partial charge >= 0.3 is 0 Å². The van der Waals surface area contributed by atoms with Gasteiger partial charge in [-0.05, 0) is 12.5 Å². The number of ether oxygens (including phenoxy) is 1. The van der Waals surface area contributed by atoms with Crippen LogP contribution in [0.5, 0.6) is 5.75 Å². The number of non-ortho nitro benzene ring substituents is 1. The fourth-order valence-electron chi connectivity index (χ4n) is 1.51. The first-order chi connectivity index (χ1) is 9.19. The second-order valence-electron chi connectivity index (χ2n) is 3.90. The van der Waals surface area contributed by atoms with Crippen LogP contribution < -0.4 is 4.74 Å². The average molecular weight is 263 g/mol. The molecule has 7 nitrogen and oxygen atoms in total. The van der Waals surface area contributed by atoms with Gasteiger partial charge < -0.3 is 9.26 Å². The quantitative estimate of drug-likeness (QED) is 0.587. The molecule has 0 aliphatic heterocycles. The third kappa shape index (κ3) is 3.51. The maximum Gasteiger partial charge on any atom is 0.273 e. The summed E-state index contributed by atoms with van der Waals surface area (Å²) in [7, 11) is 0. The minimum atomic E-state index is -0.473. The van der Waals surface area contributed by atoms with Crippen molar-refractivity contribution in [1.82, 2.24) is 10.1 Å². The predicted molar refractivity (Wildman–Crippen MR) is 65.7 cm³/mol. The zero-order chi connectivity index (χ0) is 13.7. The van der Waals surface area contributed by atoms with Gasteiger partial charge in [0.05, 0.1) is 11.0 Å². The highest BCUT2D eigenvalue weighted by Crippen LogP contribution is 2.19. The number of hydrogen-bond donors (Lipinski definition) is 0. The van der Waals surface area contributed by atoms with Gasteiger partial charge in [-0.25, -0.2) is 0 Å². The number of benzene rings is 1. The van der Waals surface area contributed by atoms with E-state index < -0.39 is 4.92 Å². The number of aryl methyl sites for hydroxylation is 1. The first-order valence-electron chi connectivity index (χ1n) is 5.87. The lowest BCUT2D eigenvalue weighted by molar-refractivity contribution is -0.384. The highest BCUT2D eigenvalue weighted by molar-refractivity contribution is 5.37. The third-order valence-electron chi connectivity index (χ3n) is 2.37. The Morgan fingerprint density at radius 2 is 2.32 bits per heavy atom. The van der Waals surface area contributed by atoms with Crippen molar-refractivity contribution in [1.29, 1.82) is 0 Å². The number of nitro groups is 1. The Hall–Kier alpha value is -2.44. The summed E-state index contributed by atoms with van der Waals surface area (Å²) in [6.45, 7) is 2.12. The number of aromatic nitrogens is 2. The molecule has 0 fully saturated rings. The molecule has 0 aliphatic carbocycles. The van der Waals surface area contributed by atoms with Crippen LogP contribution in [-0.4, -0.2) is 15.1 Å². The Morgan fingerprint density at radius 3 is 3.05 bits per heavy atom. The second-order valence-corrected chi connectivity index (χ2v) is 3.90. The number of hydrogen-bond acceptors (Lipinski definition) is 6. The van der Waals surface area contributed by atoms with Gasteiger partial charge in [0.25, 0.3) is 11.6 Å². The highest BCUT2D eigenvalue weighted by Gasteiger charge is 2.09. The van der Waals surface area contributed by atoms with E-state index in [1.165, 1.54) is 12.1 Å². The van der Waals surface area contributed by atoms with Crippen LogP contribution >= 0.6 is 0 Å². The fraction of sp³-hybridized carbons (Fsp3) is 0.333. The third-order valence-corrected chi connectivity index (χ3v) is 2.37. The molecule has 2 rings (SSSR count). The van der Waals surface area contributed by atoms with Crippen LogP contribution in [0.2, 0.25) is 0 Å². The average Bonchev–Trinajstić information content (AvgIpc) is 2.85. The van der Waals surface area contributed by atoms with Crippen LogP contribution in [0.15, 0.2) is 28.8 Å². The van der Waals surface area contributed by atoms with Crippen molar-refractivity contribution in [3.8, 4) is 5.75 Å². The summed E-state index contributed by atoms with van der Waals surface area (Å²) in [5.41, 5.74) is -0.0188. The van der Waals surface area contributed by atoms with Crippen molar-refractivity contribution in [3.05, 3.63) is 46.1 Å². The molecule has 19 heavy (non-hydrogen) atoms. The summed E-state index contributed by atoms with van der Waals surface area (Å²) in [5, 5.41) is 14.4. The summed E-state index contributed by atoms with van der Waals surface area (Å²) >= 11 is 0. The van der Waals surface area contributed by atoms with E-state index in [1.54, 1.807) is 12.1 Å². The highest BCUT2D eigenvalue weighted by atomic mass is 16.6. The summed E-state index contributed by atoms with van der Waals surface area (Å²) in [4.78, 5) is 14.3. The van der Waals surface area contributed by atoms with E-state index in [0.717, 1.165) is 12.8 Å². The molecule has 0 radical (unpaired) electrons. The maximum absolute atomic E-state index is 10.6. The van der Waals surface area contributed by atoms with E-state index in [-0.39, 0.29) is 12.3 Å². The van der Waals surface area contributed by atoms with Crippen molar-refractivity contribution in [2.24, 2.45) is 0 Å². The summed E-state index contributed by atoms with van der Waals surface area (Å²) in [5.74, 6) is 1.39. The van der Waals surface area contributed by atoms with Gasteiger partial charge in [-0.15, -0.1) is 0 Å². The zero-order valence-corrected chi connectivity index (χ0v) is 10.4. The zero-order valence-electron chi connectivity index (χ0n) is 10.4. The topological polar surface area (TPSA) is 91.3 Å². The first-order valence-corrected chi connectivity index (χ1v) is 5.87. The Balaban J connectivity index is 1.97. The predicted octanol–water partition coefficient (Wildman–Crippen LogP) is 2.51. The summed E-state index contributed by atoms with van der Waals surface area (Å²) in [6.07, 6.45) is 1.69. The molecule has 100 valence electrons. The van der Waals surface area contributed by atoms with Gasteiger partial charge in [0.2, 0.25) is 0 Å². The minimum absolute atomic E-state index is 0.0188. The molecule has 2 aromatic rings. The molecule has 0 N–H and O–H groups in total. The maximum atomic E-state index is 10.6. The Labute approximate surface area is 109 Å². The molecular formula is C12H13N3O4. The minimum Gasteiger partial charge on any atom is -0.484 e. The lowest BCUT2D eigenvalue weighted by Gasteiger charge is -2.02. The van der Waals surface area contributed by atoms with Crippen molar-refractivity contribution in [2.45, 2.75) is 26.4 Å². The smallest absolute Gasteiger partial charge is 0.273 e. The number of nitro benzene ring substituents is 1. The van der Waals surface area contributed by atoms with Crippen LogP contribution in [0.25, 0.3) is 0 Å². The van der Waals surface area contributed by atoms with Crippen molar-refractivity contribution < 1.29 is 14.2 Å². The van der Waals surface area contributed by atoms with E-state index in [9.17, 15) is 10.1 Å². The molecular weight excluding hydrogens is 250 g/mol. The van der Waals surface area contributed by atoms with Gasteiger partial charge in [0.1, 0.15) is 5.75 Å². The van der Waals surface area contributed by atoms with Crippen LogP contribution in [0.3, 0.4) is 0 Å². The lowest BCUT2D eigenvalue weighted by Crippen LogP contribution is -1.97. The molecule has 1 aromatic heterocycles. The molecule has 0 saturated carbocycles. The summed E-state index contributed by atoms with van der Waals surface area (Å²) < 4.78 is 10.4. The van der Waals surface area contributed by atoms with Crippen LogP contribution in [0.1, 0.15) is 25.1 Å². The standard InChI is InChI=1S/C12H13N3O4/c1-2-4-11-13-12(19-14-11)8-18-10-6-3-5-9(7-10)15(16)17/h3,5-7H,2,4,8H2,1H3. The molecule has 0 aliphatic rings. The monoisotopic (exact) mass is 263 g/mol. The largest absolute Gasteiger partial charge is 0.484 e. The number of nitrogens with zero attached hydrogens (tertiary/aromatic N) is 3. The molecule has 0 saturated heterocycles. The second kappa shape index (κ2) is 5.94. The number of rotatable bonds is 6. The van der Waals surface area contributed by atoms with E-state index in [0.29, 0.717) is 17.5 Å².